The van der Waals surface area contributed by atoms with Crippen LogP contribution < -0.4 is 9.48 Å². The molecule has 0 aliphatic heterocycles. The lowest BCUT2D eigenvalue weighted by Gasteiger charge is -2.01. The third-order valence-electron chi connectivity index (χ3n) is 2.18. The lowest BCUT2D eigenvalue weighted by atomic mass is 10.2. The Hall–Kier alpha value is -2.28. The number of rotatable bonds is 3. The fourth-order valence-electron chi connectivity index (χ4n) is 1.33. The fourth-order valence-corrected chi connectivity index (χ4v) is 2.07. The topological polar surface area (TPSA) is 82.3 Å². The quantitative estimate of drug-likeness (QED) is 0.626. The lowest BCUT2D eigenvalue weighted by molar-refractivity contribution is -0.384. The first-order valence-electron chi connectivity index (χ1n) is 4.91. The molecule has 7 heteroatoms. The molecular formula is C11H8N2O4S. The first-order valence-corrected chi connectivity index (χ1v) is 5.73. The van der Waals surface area contributed by atoms with Crippen LogP contribution in [0.1, 0.15) is 0 Å². The van der Waals surface area contributed by atoms with Crippen LogP contribution in [-0.2, 0) is 0 Å². The zero-order chi connectivity index (χ0) is 13.1. The van der Waals surface area contributed by atoms with Gasteiger partial charge in [0.25, 0.3) is 5.69 Å². The van der Waals surface area contributed by atoms with Gasteiger partial charge in [0.1, 0.15) is 5.01 Å². The standard InChI is InChI=1S/C11H8N2O4S/c1-17-9-6-10(14)18-11(12-9)7-2-4-8(5-3-7)13(15)16/h2-6H,1H3. The molecule has 2 aromatic rings. The summed E-state index contributed by atoms with van der Waals surface area (Å²) in [6.45, 7) is 0. The Morgan fingerprint density at radius 3 is 2.56 bits per heavy atom. The lowest BCUT2D eigenvalue weighted by Crippen LogP contribution is -1.98. The second-order valence-corrected chi connectivity index (χ2v) is 4.32. The summed E-state index contributed by atoms with van der Waals surface area (Å²) in [7, 11) is 1.42. The number of hydrogen-bond acceptors (Lipinski definition) is 6. The molecule has 0 bridgehead atoms. The summed E-state index contributed by atoms with van der Waals surface area (Å²) >= 11 is 0.958. The molecule has 1 aromatic carbocycles. The maximum absolute atomic E-state index is 11.4. The molecule has 92 valence electrons. The molecule has 0 unspecified atom stereocenters. The molecule has 0 atom stereocenters. The molecule has 1 heterocycles. The van der Waals surface area contributed by atoms with Crippen molar-refractivity contribution in [3.05, 3.63) is 50.0 Å². The van der Waals surface area contributed by atoms with E-state index < -0.39 is 4.92 Å². The monoisotopic (exact) mass is 264 g/mol. The van der Waals surface area contributed by atoms with Crippen LogP contribution in [0.4, 0.5) is 5.69 Å². The van der Waals surface area contributed by atoms with Gasteiger partial charge in [0.05, 0.1) is 18.1 Å². The maximum atomic E-state index is 11.4. The predicted molar refractivity (Wildman–Crippen MR) is 67.0 cm³/mol. The largest absolute Gasteiger partial charge is 0.481 e. The number of aromatic nitrogens is 1. The normalized spacial score (nSPS) is 10.1. The summed E-state index contributed by atoms with van der Waals surface area (Å²) in [6.07, 6.45) is 0. The Bertz CT molecular complexity index is 636. The van der Waals surface area contributed by atoms with Crippen molar-refractivity contribution < 1.29 is 9.66 Å². The summed E-state index contributed by atoms with van der Waals surface area (Å²) in [5.74, 6) is 0.229. The van der Waals surface area contributed by atoms with Crippen molar-refractivity contribution in [1.29, 1.82) is 0 Å². The van der Waals surface area contributed by atoms with E-state index in [-0.39, 0.29) is 16.3 Å². The summed E-state index contributed by atoms with van der Waals surface area (Å²) in [4.78, 5) is 25.6. The number of ether oxygens (including phenoxy) is 1. The molecule has 0 amide bonds. The average molecular weight is 264 g/mol. The van der Waals surface area contributed by atoms with Gasteiger partial charge in [-0.3, -0.25) is 14.9 Å². The van der Waals surface area contributed by atoms with Crippen molar-refractivity contribution >= 4 is 17.0 Å². The maximum Gasteiger partial charge on any atom is 0.269 e. The summed E-state index contributed by atoms with van der Waals surface area (Å²) in [5, 5.41) is 11.0. The zero-order valence-corrected chi connectivity index (χ0v) is 10.1. The highest BCUT2D eigenvalue weighted by molar-refractivity contribution is 7.12. The fraction of sp³-hybridized carbons (Fsp3) is 0.0909. The Balaban J connectivity index is 2.45. The number of benzene rings is 1. The Kier molecular flexibility index (Phi) is 3.33. The summed E-state index contributed by atoms with van der Waals surface area (Å²) in [5.41, 5.74) is 0.635. The smallest absolute Gasteiger partial charge is 0.269 e. The van der Waals surface area contributed by atoms with E-state index in [1.807, 2.05) is 0 Å². The van der Waals surface area contributed by atoms with Crippen molar-refractivity contribution in [2.75, 3.05) is 7.11 Å². The van der Waals surface area contributed by atoms with Gasteiger partial charge in [0.2, 0.25) is 10.6 Å². The van der Waals surface area contributed by atoms with Gasteiger partial charge in [-0.25, -0.2) is 4.98 Å². The van der Waals surface area contributed by atoms with Gasteiger partial charge in [0, 0.05) is 17.7 Å². The minimum absolute atomic E-state index is 0.00556. The Morgan fingerprint density at radius 2 is 2.00 bits per heavy atom. The minimum atomic E-state index is -0.481. The van der Waals surface area contributed by atoms with Gasteiger partial charge in [0.15, 0.2) is 0 Å². The van der Waals surface area contributed by atoms with E-state index in [2.05, 4.69) is 4.98 Å². The first kappa shape index (κ1) is 12.2. The number of non-ortho nitro benzene ring substituents is 1. The van der Waals surface area contributed by atoms with Gasteiger partial charge >= 0.3 is 0 Å². The molecule has 0 spiro atoms. The van der Waals surface area contributed by atoms with Crippen molar-refractivity contribution in [3.63, 3.8) is 0 Å². The van der Waals surface area contributed by atoms with Crippen molar-refractivity contribution in [1.82, 2.24) is 4.98 Å². The van der Waals surface area contributed by atoms with Crippen LogP contribution in [0.15, 0.2) is 35.1 Å². The van der Waals surface area contributed by atoms with Crippen LogP contribution in [0.3, 0.4) is 0 Å². The van der Waals surface area contributed by atoms with Crippen LogP contribution in [0, 0.1) is 10.1 Å². The molecule has 6 nitrogen and oxygen atoms in total. The number of hydrogen-bond donors (Lipinski definition) is 0. The van der Waals surface area contributed by atoms with E-state index in [1.54, 1.807) is 12.1 Å². The van der Waals surface area contributed by atoms with E-state index in [1.165, 1.54) is 25.3 Å². The average Bonchev–Trinajstić information content (AvgIpc) is 2.38. The molecule has 0 saturated carbocycles. The van der Waals surface area contributed by atoms with Crippen LogP contribution in [0.5, 0.6) is 5.88 Å². The number of methoxy groups -OCH3 is 1. The molecule has 1 aromatic heterocycles. The molecule has 0 N–H and O–H groups in total. The molecule has 0 aliphatic carbocycles. The zero-order valence-electron chi connectivity index (χ0n) is 9.32. The molecule has 18 heavy (non-hydrogen) atoms. The summed E-state index contributed by atoms with van der Waals surface area (Å²) in [6, 6.07) is 7.13. The van der Waals surface area contributed by atoms with Gasteiger partial charge in [-0.05, 0) is 12.1 Å². The SMILES string of the molecule is COc1cc(=O)sc(-c2ccc([N+](=O)[O-])cc2)n1. The highest BCUT2D eigenvalue weighted by atomic mass is 32.1. The Morgan fingerprint density at radius 1 is 1.33 bits per heavy atom. The minimum Gasteiger partial charge on any atom is -0.481 e. The second kappa shape index (κ2) is 4.92. The summed E-state index contributed by atoms with van der Waals surface area (Å²) < 4.78 is 4.72. The molecule has 0 fully saturated rings. The van der Waals surface area contributed by atoms with Crippen LogP contribution in [0.25, 0.3) is 10.6 Å². The van der Waals surface area contributed by atoms with E-state index in [4.69, 9.17) is 4.74 Å². The third-order valence-corrected chi connectivity index (χ3v) is 3.02. The van der Waals surface area contributed by atoms with Gasteiger partial charge in [-0.15, -0.1) is 0 Å². The van der Waals surface area contributed by atoms with Crippen molar-refractivity contribution in [3.8, 4) is 16.5 Å². The number of nitro groups is 1. The van der Waals surface area contributed by atoms with E-state index in [9.17, 15) is 14.9 Å². The van der Waals surface area contributed by atoms with Gasteiger partial charge in [-0.1, -0.05) is 11.3 Å². The molecule has 0 saturated heterocycles. The second-order valence-electron chi connectivity index (χ2n) is 3.33. The van der Waals surface area contributed by atoms with E-state index in [0.717, 1.165) is 11.3 Å². The van der Waals surface area contributed by atoms with E-state index in [0.29, 0.717) is 10.6 Å². The number of nitrogens with zero attached hydrogens (tertiary/aromatic N) is 2. The molecular weight excluding hydrogens is 256 g/mol. The van der Waals surface area contributed by atoms with Crippen LogP contribution in [0.2, 0.25) is 0 Å². The molecule has 0 radical (unpaired) electrons. The van der Waals surface area contributed by atoms with Crippen molar-refractivity contribution in [2.24, 2.45) is 0 Å². The first-order chi connectivity index (χ1) is 8.60. The van der Waals surface area contributed by atoms with E-state index >= 15 is 0 Å². The Labute approximate surface area is 106 Å². The van der Waals surface area contributed by atoms with Crippen LogP contribution in [-0.4, -0.2) is 17.0 Å². The van der Waals surface area contributed by atoms with Gasteiger partial charge in [-0.2, -0.15) is 0 Å². The number of nitro benzene ring substituents is 1. The molecule has 2 rings (SSSR count). The third kappa shape index (κ3) is 2.51. The van der Waals surface area contributed by atoms with Crippen molar-refractivity contribution in [2.45, 2.75) is 0 Å². The highest BCUT2D eigenvalue weighted by Gasteiger charge is 2.08. The highest BCUT2D eigenvalue weighted by Crippen LogP contribution is 2.23. The van der Waals surface area contributed by atoms with Crippen LogP contribution >= 0.6 is 11.3 Å². The predicted octanol–water partition coefficient (Wildman–Crippen LogP) is 2.09. The molecule has 0 aliphatic rings. The van der Waals surface area contributed by atoms with Gasteiger partial charge < -0.3 is 4.74 Å².